The lowest BCUT2D eigenvalue weighted by molar-refractivity contribution is 0.162. The smallest absolute Gasteiger partial charge is 0.0583 e. The second-order valence-corrected chi connectivity index (χ2v) is 4.49. The van der Waals surface area contributed by atoms with E-state index in [2.05, 4.69) is 31.7 Å². The average Bonchev–Trinajstić information content (AvgIpc) is 2.35. The molecule has 1 aromatic rings. The van der Waals surface area contributed by atoms with Crippen molar-refractivity contribution in [3.05, 3.63) is 72.4 Å². The number of aliphatic hydroxyl groups is 1. The minimum absolute atomic E-state index is 0.152. The molecule has 0 saturated carbocycles. The molecule has 96 valence electrons. The third-order valence-electron chi connectivity index (χ3n) is 3.05. The van der Waals surface area contributed by atoms with Crippen LogP contribution in [0.15, 0.2) is 61.2 Å². The maximum atomic E-state index is 9.92. The second kappa shape index (κ2) is 7.67. The molecule has 0 bridgehead atoms. The first-order valence-corrected chi connectivity index (χ1v) is 6.34. The van der Waals surface area contributed by atoms with Crippen LogP contribution in [0.1, 0.15) is 30.4 Å². The number of benzene rings is 1. The molecule has 0 aliphatic heterocycles. The Morgan fingerprint density at radius 2 is 1.94 bits per heavy atom. The number of rotatable bonds is 6. The highest BCUT2D eigenvalue weighted by Gasteiger charge is 2.17. The van der Waals surface area contributed by atoms with Gasteiger partial charge < -0.3 is 5.11 Å². The topological polar surface area (TPSA) is 20.2 Å². The van der Waals surface area contributed by atoms with Crippen LogP contribution in [0, 0.1) is 6.92 Å². The van der Waals surface area contributed by atoms with Gasteiger partial charge in [-0.3, -0.25) is 0 Å². The van der Waals surface area contributed by atoms with E-state index < -0.39 is 0 Å². The van der Waals surface area contributed by atoms with Crippen molar-refractivity contribution in [1.29, 1.82) is 0 Å². The van der Waals surface area contributed by atoms with Crippen LogP contribution in [0.3, 0.4) is 0 Å². The van der Waals surface area contributed by atoms with Gasteiger partial charge in [0.1, 0.15) is 0 Å². The van der Waals surface area contributed by atoms with Crippen LogP contribution in [0.2, 0.25) is 0 Å². The predicted molar refractivity (Wildman–Crippen MR) is 78.7 cm³/mol. The molecule has 0 amide bonds. The molecule has 0 aliphatic carbocycles. The predicted octanol–water partition coefficient (Wildman–Crippen LogP) is 4.15. The van der Waals surface area contributed by atoms with Crippen molar-refractivity contribution in [2.75, 3.05) is 0 Å². The van der Waals surface area contributed by atoms with Crippen LogP contribution in [0.4, 0.5) is 0 Å². The highest BCUT2D eigenvalue weighted by Crippen LogP contribution is 2.26. The van der Waals surface area contributed by atoms with E-state index in [9.17, 15) is 5.11 Å². The number of aryl methyl sites for hydroxylation is 1. The first-order valence-electron chi connectivity index (χ1n) is 6.34. The number of hydrogen-bond acceptors (Lipinski definition) is 1. The highest BCUT2D eigenvalue weighted by molar-refractivity contribution is 5.30. The summed E-state index contributed by atoms with van der Waals surface area (Å²) in [6, 6.07) is 8.24. The summed E-state index contributed by atoms with van der Waals surface area (Å²) in [4.78, 5) is 0. The maximum absolute atomic E-state index is 9.92. The van der Waals surface area contributed by atoms with Crippen molar-refractivity contribution in [1.82, 2.24) is 0 Å². The second-order valence-electron chi connectivity index (χ2n) is 4.49. The van der Waals surface area contributed by atoms with E-state index in [1.54, 1.807) is 6.08 Å². The molecular formula is C17H22O. The van der Waals surface area contributed by atoms with Gasteiger partial charge in [0.2, 0.25) is 0 Å². The lowest BCUT2D eigenvalue weighted by Crippen LogP contribution is -2.15. The Labute approximate surface area is 110 Å². The van der Waals surface area contributed by atoms with E-state index in [0.29, 0.717) is 0 Å². The van der Waals surface area contributed by atoms with Gasteiger partial charge in [0, 0.05) is 5.92 Å². The van der Waals surface area contributed by atoms with E-state index in [-0.39, 0.29) is 12.0 Å². The summed E-state index contributed by atoms with van der Waals surface area (Å²) in [6.07, 6.45) is 10.2. The van der Waals surface area contributed by atoms with Crippen molar-refractivity contribution >= 4 is 0 Å². The van der Waals surface area contributed by atoms with Gasteiger partial charge in [-0.25, -0.2) is 0 Å². The third-order valence-corrected chi connectivity index (χ3v) is 3.05. The van der Waals surface area contributed by atoms with E-state index in [1.807, 2.05) is 37.3 Å². The minimum Gasteiger partial charge on any atom is -0.393 e. The minimum atomic E-state index is -0.348. The van der Waals surface area contributed by atoms with Gasteiger partial charge in [-0.05, 0) is 31.4 Å². The molecule has 0 aromatic heterocycles. The molecule has 2 unspecified atom stereocenters. The molecule has 1 aromatic carbocycles. The fourth-order valence-corrected chi connectivity index (χ4v) is 2.03. The van der Waals surface area contributed by atoms with Gasteiger partial charge >= 0.3 is 0 Å². The summed E-state index contributed by atoms with van der Waals surface area (Å²) in [5.41, 5.74) is 2.46. The normalized spacial score (nSPS) is 15.1. The van der Waals surface area contributed by atoms with Crippen LogP contribution in [-0.4, -0.2) is 11.2 Å². The Morgan fingerprint density at radius 3 is 2.56 bits per heavy atom. The summed E-state index contributed by atoms with van der Waals surface area (Å²) < 4.78 is 0. The van der Waals surface area contributed by atoms with E-state index >= 15 is 0 Å². The zero-order valence-corrected chi connectivity index (χ0v) is 11.2. The van der Waals surface area contributed by atoms with Crippen molar-refractivity contribution in [3.63, 3.8) is 0 Å². The van der Waals surface area contributed by atoms with Gasteiger partial charge in [-0.1, -0.05) is 61.2 Å². The van der Waals surface area contributed by atoms with Crippen molar-refractivity contribution in [3.8, 4) is 0 Å². The Bertz CT molecular complexity index is 427. The highest BCUT2D eigenvalue weighted by atomic mass is 16.3. The molecule has 1 nitrogen and oxygen atoms in total. The molecule has 2 atom stereocenters. The fourth-order valence-electron chi connectivity index (χ4n) is 2.03. The Hall–Kier alpha value is -1.60. The number of aliphatic hydroxyl groups excluding tert-OH is 1. The lowest BCUT2D eigenvalue weighted by atomic mass is 9.88. The molecule has 0 saturated heterocycles. The van der Waals surface area contributed by atoms with Crippen LogP contribution < -0.4 is 0 Å². The van der Waals surface area contributed by atoms with Gasteiger partial charge in [0.25, 0.3) is 0 Å². The van der Waals surface area contributed by atoms with Crippen molar-refractivity contribution in [2.24, 2.45) is 0 Å². The summed E-state index contributed by atoms with van der Waals surface area (Å²) in [6.45, 7) is 7.56. The molecule has 0 spiro atoms. The Morgan fingerprint density at radius 1 is 1.22 bits per heavy atom. The van der Waals surface area contributed by atoms with E-state index in [1.165, 1.54) is 11.1 Å². The molecule has 0 aliphatic rings. The standard InChI is InChI=1S/C17H22O/c1-4-5-6-7-8-13-17(15(3)18)16-12-10-9-11-14(16)2/h4-12,15,17-18H,1,13H2,2-3H3/b6-5-,8-7-. The summed E-state index contributed by atoms with van der Waals surface area (Å²) in [5.74, 6) is 0.152. The number of allylic oxidation sites excluding steroid dienone is 5. The van der Waals surface area contributed by atoms with E-state index in [4.69, 9.17) is 0 Å². The Kier molecular flexibility index (Phi) is 6.16. The molecule has 1 rings (SSSR count). The third kappa shape index (κ3) is 4.34. The van der Waals surface area contributed by atoms with Gasteiger partial charge in [-0.15, -0.1) is 0 Å². The zero-order chi connectivity index (χ0) is 13.4. The maximum Gasteiger partial charge on any atom is 0.0583 e. The van der Waals surface area contributed by atoms with Gasteiger partial charge in [0.05, 0.1) is 6.10 Å². The summed E-state index contributed by atoms with van der Waals surface area (Å²) in [5, 5.41) is 9.92. The molecule has 0 fully saturated rings. The van der Waals surface area contributed by atoms with Crippen LogP contribution >= 0.6 is 0 Å². The van der Waals surface area contributed by atoms with Crippen LogP contribution in [0.25, 0.3) is 0 Å². The first kappa shape index (κ1) is 14.5. The molecule has 1 N–H and O–H groups in total. The fraction of sp³-hybridized carbons (Fsp3) is 0.294. The largest absolute Gasteiger partial charge is 0.393 e. The van der Waals surface area contributed by atoms with Crippen LogP contribution in [0.5, 0.6) is 0 Å². The average molecular weight is 242 g/mol. The SMILES string of the molecule is C=C/C=C\C=C/CC(c1ccccc1C)C(C)O. The molecule has 0 heterocycles. The molecular weight excluding hydrogens is 220 g/mol. The quantitative estimate of drug-likeness (QED) is 0.743. The molecule has 18 heavy (non-hydrogen) atoms. The number of hydrogen-bond donors (Lipinski definition) is 1. The summed E-state index contributed by atoms with van der Waals surface area (Å²) in [7, 11) is 0. The molecule has 1 heteroatoms. The van der Waals surface area contributed by atoms with Gasteiger partial charge in [0.15, 0.2) is 0 Å². The summed E-state index contributed by atoms with van der Waals surface area (Å²) >= 11 is 0. The van der Waals surface area contributed by atoms with Crippen molar-refractivity contribution < 1.29 is 5.11 Å². The molecule has 0 radical (unpaired) electrons. The van der Waals surface area contributed by atoms with Crippen molar-refractivity contribution in [2.45, 2.75) is 32.3 Å². The lowest BCUT2D eigenvalue weighted by Gasteiger charge is -2.20. The monoisotopic (exact) mass is 242 g/mol. The van der Waals surface area contributed by atoms with E-state index in [0.717, 1.165) is 6.42 Å². The van der Waals surface area contributed by atoms with Crippen LogP contribution in [-0.2, 0) is 0 Å². The Balaban J connectivity index is 2.78. The zero-order valence-electron chi connectivity index (χ0n) is 11.2. The van der Waals surface area contributed by atoms with Gasteiger partial charge in [-0.2, -0.15) is 0 Å². The first-order chi connectivity index (χ1) is 8.66.